The lowest BCUT2D eigenvalue weighted by molar-refractivity contribution is 0.0946. The Morgan fingerprint density at radius 2 is 1.82 bits per heavy atom. The summed E-state index contributed by atoms with van der Waals surface area (Å²) in [6.07, 6.45) is 5.39. The van der Waals surface area contributed by atoms with Crippen LogP contribution in [0.4, 0.5) is 0 Å². The van der Waals surface area contributed by atoms with E-state index in [1.165, 1.54) is 5.56 Å². The lowest BCUT2D eigenvalue weighted by Gasteiger charge is -2.23. The summed E-state index contributed by atoms with van der Waals surface area (Å²) in [5.74, 6) is 0.256. The van der Waals surface area contributed by atoms with Crippen molar-refractivity contribution < 1.29 is 4.79 Å². The van der Waals surface area contributed by atoms with Crippen LogP contribution in [0.2, 0.25) is 0 Å². The molecule has 1 heterocycles. The number of fused-ring (bicyclic) bond motifs is 1. The summed E-state index contributed by atoms with van der Waals surface area (Å²) in [5.41, 5.74) is 3.16. The van der Waals surface area contributed by atoms with Crippen LogP contribution in [0.5, 0.6) is 0 Å². The zero-order valence-corrected chi connectivity index (χ0v) is 9.47. The number of benzene rings is 1. The lowest BCUT2D eigenvalue weighted by atomic mass is 9.79. The van der Waals surface area contributed by atoms with Gasteiger partial charge < -0.3 is 0 Å². The fraction of sp³-hybridized carbons (Fsp3) is 0.200. The average Bonchev–Trinajstić information content (AvgIpc) is 2.40. The summed E-state index contributed by atoms with van der Waals surface area (Å²) in [6.45, 7) is 0. The van der Waals surface area contributed by atoms with Crippen molar-refractivity contribution in [3.8, 4) is 0 Å². The summed E-state index contributed by atoms with van der Waals surface area (Å²) in [7, 11) is 0. The summed E-state index contributed by atoms with van der Waals surface area (Å²) < 4.78 is 0. The van der Waals surface area contributed by atoms with E-state index in [2.05, 4.69) is 11.1 Å². The maximum Gasteiger partial charge on any atom is 0.170 e. The molecule has 1 aromatic carbocycles. The van der Waals surface area contributed by atoms with E-state index in [1.807, 2.05) is 30.3 Å². The Morgan fingerprint density at radius 1 is 1.06 bits per heavy atom. The van der Waals surface area contributed by atoms with Gasteiger partial charge in [0.25, 0.3) is 0 Å². The third-order valence-corrected chi connectivity index (χ3v) is 3.41. The van der Waals surface area contributed by atoms with Crippen molar-refractivity contribution in [2.45, 2.75) is 18.8 Å². The first-order valence-corrected chi connectivity index (χ1v) is 5.88. The fourth-order valence-electron chi connectivity index (χ4n) is 2.51. The van der Waals surface area contributed by atoms with Crippen LogP contribution in [0.25, 0.3) is 0 Å². The second kappa shape index (κ2) is 4.13. The highest BCUT2D eigenvalue weighted by Gasteiger charge is 2.27. The van der Waals surface area contributed by atoms with Crippen molar-refractivity contribution in [1.82, 2.24) is 4.98 Å². The van der Waals surface area contributed by atoms with Crippen LogP contribution in [0.1, 0.15) is 33.8 Å². The van der Waals surface area contributed by atoms with Gasteiger partial charge in [0.1, 0.15) is 0 Å². The summed E-state index contributed by atoms with van der Waals surface area (Å²) in [4.78, 5) is 16.4. The van der Waals surface area contributed by atoms with E-state index < -0.39 is 0 Å². The molecule has 1 atom stereocenters. The molecule has 1 aliphatic rings. The number of hydrogen-bond donors (Lipinski definition) is 0. The Kier molecular flexibility index (Phi) is 2.48. The van der Waals surface area contributed by atoms with Crippen molar-refractivity contribution in [3.05, 3.63) is 65.5 Å². The summed E-state index contributed by atoms with van der Waals surface area (Å²) in [5, 5.41) is 0. The van der Waals surface area contributed by atoms with E-state index in [-0.39, 0.29) is 11.7 Å². The second-order valence-corrected chi connectivity index (χ2v) is 4.39. The van der Waals surface area contributed by atoms with E-state index in [9.17, 15) is 4.79 Å². The molecule has 2 nitrogen and oxygen atoms in total. The number of nitrogens with zero attached hydrogens (tertiary/aromatic N) is 1. The molecule has 2 heteroatoms. The molecule has 0 saturated heterocycles. The maximum atomic E-state index is 12.4. The van der Waals surface area contributed by atoms with Gasteiger partial charge in [0.15, 0.2) is 5.78 Å². The van der Waals surface area contributed by atoms with Crippen LogP contribution in [0.15, 0.2) is 48.8 Å². The van der Waals surface area contributed by atoms with Gasteiger partial charge in [-0.2, -0.15) is 0 Å². The molecule has 0 unspecified atom stereocenters. The van der Waals surface area contributed by atoms with Gasteiger partial charge in [-0.25, -0.2) is 0 Å². The predicted octanol–water partition coefficient (Wildman–Crippen LogP) is 2.99. The molecule has 0 bridgehead atoms. The number of hydrogen-bond acceptors (Lipinski definition) is 2. The molecule has 2 aromatic rings. The number of rotatable bonds is 1. The molecule has 0 N–H and O–H groups in total. The topological polar surface area (TPSA) is 30.0 Å². The molecule has 1 aliphatic carbocycles. The van der Waals surface area contributed by atoms with Gasteiger partial charge in [-0.05, 0) is 36.1 Å². The quantitative estimate of drug-likeness (QED) is 0.744. The molecule has 17 heavy (non-hydrogen) atoms. The van der Waals surface area contributed by atoms with Crippen molar-refractivity contribution in [2.24, 2.45) is 0 Å². The molecule has 0 radical (unpaired) electrons. The van der Waals surface area contributed by atoms with Crippen LogP contribution in [0.3, 0.4) is 0 Å². The minimum Gasteiger partial charge on any atom is -0.293 e. The van der Waals surface area contributed by atoms with Crippen molar-refractivity contribution in [3.63, 3.8) is 0 Å². The number of pyridine rings is 1. The molecule has 0 spiro atoms. The SMILES string of the molecule is O=C1c2ccccc2CC[C@@H]1c1ccncc1. The summed E-state index contributed by atoms with van der Waals surface area (Å²) in [6, 6.07) is 11.8. The van der Waals surface area contributed by atoms with E-state index in [4.69, 9.17) is 0 Å². The minimum absolute atomic E-state index is 0.00731. The number of carbonyl (C=O) groups is 1. The van der Waals surface area contributed by atoms with Gasteiger partial charge in [-0.3, -0.25) is 9.78 Å². The van der Waals surface area contributed by atoms with Gasteiger partial charge in [0.05, 0.1) is 0 Å². The minimum atomic E-state index is 0.00731. The predicted molar refractivity (Wildman–Crippen MR) is 66.1 cm³/mol. The Labute approximate surface area is 100 Å². The largest absolute Gasteiger partial charge is 0.293 e. The number of carbonyl (C=O) groups excluding carboxylic acids is 1. The van der Waals surface area contributed by atoms with Crippen LogP contribution >= 0.6 is 0 Å². The highest BCUT2D eigenvalue weighted by Crippen LogP contribution is 2.32. The third-order valence-electron chi connectivity index (χ3n) is 3.41. The number of ketones is 1. The zero-order valence-electron chi connectivity index (χ0n) is 9.47. The number of aromatic nitrogens is 1. The van der Waals surface area contributed by atoms with Crippen molar-refractivity contribution in [2.75, 3.05) is 0 Å². The highest BCUT2D eigenvalue weighted by atomic mass is 16.1. The monoisotopic (exact) mass is 223 g/mol. The maximum absolute atomic E-state index is 12.4. The fourth-order valence-corrected chi connectivity index (χ4v) is 2.51. The smallest absolute Gasteiger partial charge is 0.170 e. The Hall–Kier alpha value is -1.96. The first-order valence-electron chi connectivity index (χ1n) is 5.88. The molecule has 1 aromatic heterocycles. The zero-order chi connectivity index (χ0) is 11.7. The lowest BCUT2D eigenvalue weighted by Crippen LogP contribution is -2.20. The number of aryl methyl sites for hydroxylation is 1. The summed E-state index contributed by atoms with van der Waals surface area (Å²) >= 11 is 0. The molecule has 0 aliphatic heterocycles. The van der Waals surface area contributed by atoms with Gasteiger partial charge in [-0.1, -0.05) is 24.3 Å². The molecule has 3 rings (SSSR count). The molecular formula is C15H13NO. The highest BCUT2D eigenvalue weighted by molar-refractivity contribution is 6.03. The number of Topliss-reactive ketones (excluding diaryl/α,β-unsaturated/α-hetero) is 1. The normalized spacial score (nSPS) is 18.8. The van der Waals surface area contributed by atoms with Crippen LogP contribution in [-0.4, -0.2) is 10.8 Å². The first kappa shape index (κ1) is 10.2. The van der Waals surface area contributed by atoms with Gasteiger partial charge in [0.2, 0.25) is 0 Å². The van der Waals surface area contributed by atoms with Crippen LogP contribution < -0.4 is 0 Å². The van der Waals surface area contributed by atoms with Crippen molar-refractivity contribution in [1.29, 1.82) is 0 Å². The van der Waals surface area contributed by atoms with Gasteiger partial charge >= 0.3 is 0 Å². The molecule has 0 amide bonds. The first-order chi connectivity index (χ1) is 8.36. The third kappa shape index (κ3) is 1.76. The van der Waals surface area contributed by atoms with E-state index in [1.54, 1.807) is 12.4 Å². The van der Waals surface area contributed by atoms with Crippen molar-refractivity contribution >= 4 is 5.78 Å². The molecule has 0 saturated carbocycles. The molecular weight excluding hydrogens is 210 g/mol. The van der Waals surface area contributed by atoms with Crippen LogP contribution in [0, 0.1) is 0 Å². The standard InChI is InChI=1S/C15H13NO/c17-15-13-4-2-1-3-11(13)5-6-14(15)12-7-9-16-10-8-12/h1-4,7-10,14H,5-6H2/t14-/m1/s1. The van der Waals surface area contributed by atoms with E-state index in [0.29, 0.717) is 0 Å². The van der Waals surface area contributed by atoms with E-state index >= 15 is 0 Å². The van der Waals surface area contributed by atoms with Gasteiger partial charge in [-0.15, -0.1) is 0 Å². The van der Waals surface area contributed by atoms with E-state index in [0.717, 1.165) is 24.0 Å². The average molecular weight is 223 g/mol. The van der Waals surface area contributed by atoms with Gasteiger partial charge in [0, 0.05) is 23.9 Å². The van der Waals surface area contributed by atoms with Crippen LogP contribution in [-0.2, 0) is 6.42 Å². The Bertz CT molecular complexity index is 548. The Balaban J connectivity index is 2.00. The molecule has 0 fully saturated rings. The second-order valence-electron chi connectivity index (χ2n) is 4.39. The Morgan fingerprint density at radius 3 is 2.65 bits per heavy atom. The molecule has 84 valence electrons.